The Morgan fingerprint density at radius 1 is 1.08 bits per heavy atom. The highest BCUT2D eigenvalue weighted by atomic mass is 35.5. The van der Waals surface area contributed by atoms with Crippen LogP contribution in [-0.4, -0.2) is 32.6 Å². The van der Waals surface area contributed by atoms with Gasteiger partial charge >= 0.3 is 5.97 Å². The van der Waals surface area contributed by atoms with Gasteiger partial charge < -0.3 is 19.5 Å². The van der Waals surface area contributed by atoms with Gasteiger partial charge in [-0.2, -0.15) is 0 Å². The second kappa shape index (κ2) is 11.0. The van der Waals surface area contributed by atoms with Crippen molar-refractivity contribution in [2.24, 2.45) is 0 Å². The van der Waals surface area contributed by atoms with E-state index in [1.807, 2.05) is 38.1 Å². The molecule has 36 heavy (non-hydrogen) atoms. The molecule has 0 unspecified atom stereocenters. The molecule has 0 aromatic heterocycles. The van der Waals surface area contributed by atoms with Crippen LogP contribution in [0.1, 0.15) is 56.1 Å². The van der Waals surface area contributed by atoms with Gasteiger partial charge in [-0.3, -0.25) is 4.79 Å². The molecule has 2 aromatic carbocycles. The fourth-order valence-corrected chi connectivity index (χ4v) is 5.40. The Hall–Kier alpha value is -2.96. The van der Waals surface area contributed by atoms with E-state index in [1.165, 1.54) is 0 Å². The average molecular weight is 530 g/mol. The number of methoxy groups -OCH3 is 2. The van der Waals surface area contributed by atoms with Crippen LogP contribution in [0.5, 0.6) is 11.5 Å². The molecule has 1 heterocycles. The molecule has 1 N–H and O–H groups in total. The fourth-order valence-electron chi connectivity index (χ4n) is 4.98. The van der Waals surface area contributed by atoms with Crippen LogP contribution >= 0.6 is 23.2 Å². The summed E-state index contributed by atoms with van der Waals surface area (Å²) < 4.78 is 16.3. The number of carbonyl (C=O) groups excluding carboxylic acids is 2. The maximum atomic E-state index is 13.8. The van der Waals surface area contributed by atoms with Crippen LogP contribution < -0.4 is 14.8 Å². The van der Waals surface area contributed by atoms with Crippen molar-refractivity contribution in [3.05, 3.63) is 80.1 Å². The van der Waals surface area contributed by atoms with E-state index < -0.39 is 11.9 Å². The summed E-state index contributed by atoms with van der Waals surface area (Å²) in [6, 6.07) is 11.0. The molecule has 6 nitrogen and oxygen atoms in total. The van der Waals surface area contributed by atoms with Gasteiger partial charge in [0.05, 0.1) is 36.4 Å². The number of dihydropyridines is 1. The molecular weight excluding hydrogens is 501 g/mol. The molecule has 2 aliphatic rings. The van der Waals surface area contributed by atoms with Crippen LogP contribution in [-0.2, 0) is 14.3 Å². The molecule has 1 aliphatic heterocycles. The number of esters is 1. The van der Waals surface area contributed by atoms with Crippen LogP contribution in [0.2, 0.25) is 10.0 Å². The van der Waals surface area contributed by atoms with Gasteiger partial charge in [-0.05, 0) is 55.0 Å². The van der Waals surface area contributed by atoms with Crippen LogP contribution in [0.4, 0.5) is 0 Å². The molecule has 190 valence electrons. The summed E-state index contributed by atoms with van der Waals surface area (Å²) >= 11 is 13.0. The number of ketones is 1. The molecular formula is C28H29Cl2NO5. The van der Waals surface area contributed by atoms with Gasteiger partial charge in [0.1, 0.15) is 0 Å². The van der Waals surface area contributed by atoms with E-state index in [-0.39, 0.29) is 24.7 Å². The molecule has 2 atom stereocenters. The summed E-state index contributed by atoms with van der Waals surface area (Å²) in [6.07, 6.45) is 1.55. The zero-order chi connectivity index (χ0) is 26.0. The number of nitrogens with one attached hydrogen (secondary N) is 1. The maximum Gasteiger partial charge on any atom is 0.336 e. The van der Waals surface area contributed by atoms with Crippen molar-refractivity contribution in [2.75, 3.05) is 20.8 Å². The normalized spacial score (nSPS) is 19.6. The highest BCUT2D eigenvalue weighted by Gasteiger charge is 2.42. The Morgan fingerprint density at radius 2 is 1.83 bits per heavy atom. The number of carbonyl (C=O) groups is 2. The largest absolute Gasteiger partial charge is 0.493 e. The third kappa shape index (κ3) is 4.84. The van der Waals surface area contributed by atoms with E-state index in [0.29, 0.717) is 56.8 Å². The van der Waals surface area contributed by atoms with Crippen LogP contribution in [0, 0.1) is 0 Å². The van der Waals surface area contributed by atoms with Gasteiger partial charge in [0.25, 0.3) is 0 Å². The van der Waals surface area contributed by atoms with E-state index in [2.05, 4.69) is 5.32 Å². The quantitative estimate of drug-likeness (QED) is 0.422. The fraction of sp³-hybridized carbons (Fsp3) is 0.357. The number of Topliss-reactive ketones (excluding diaryl/α,β-unsaturated/α-hetero) is 1. The highest BCUT2D eigenvalue weighted by molar-refractivity contribution is 6.42. The van der Waals surface area contributed by atoms with Gasteiger partial charge in [-0.15, -0.1) is 0 Å². The summed E-state index contributed by atoms with van der Waals surface area (Å²) in [4.78, 5) is 26.9. The smallest absolute Gasteiger partial charge is 0.336 e. The van der Waals surface area contributed by atoms with E-state index >= 15 is 0 Å². The minimum absolute atomic E-state index is 0.0575. The lowest BCUT2D eigenvalue weighted by atomic mass is 9.71. The van der Waals surface area contributed by atoms with Crippen LogP contribution in [0.15, 0.2) is 58.9 Å². The molecule has 0 spiro atoms. The summed E-state index contributed by atoms with van der Waals surface area (Å²) in [5.74, 6) is -0.0265. The van der Waals surface area contributed by atoms with E-state index in [0.717, 1.165) is 11.3 Å². The monoisotopic (exact) mass is 529 g/mol. The lowest BCUT2D eigenvalue weighted by molar-refractivity contribution is -0.139. The lowest BCUT2D eigenvalue weighted by Gasteiger charge is -2.37. The first-order chi connectivity index (χ1) is 17.3. The number of ether oxygens (including phenoxy) is 3. The second-order valence-electron chi connectivity index (χ2n) is 8.91. The Balaban J connectivity index is 1.80. The van der Waals surface area contributed by atoms with Crippen molar-refractivity contribution in [1.29, 1.82) is 0 Å². The minimum Gasteiger partial charge on any atom is -0.493 e. The molecule has 2 aromatic rings. The average Bonchev–Trinajstić information content (AvgIpc) is 2.87. The third-order valence-electron chi connectivity index (χ3n) is 6.66. The maximum absolute atomic E-state index is 13.8. The first-order valence-corrected chi connectivity index (χ1v) is 12.6. The minimum atomic E-state index is -0.671. The van der Waals surface area contributed by atoms with E-state index in [9.17, 15) is 9.59 Å². The van der Waals surface area contributed by atoms with Gasteiger partial charge in [0.2, 0.25) is 0 Å². The Labute approximate surface area is 221 Å². The third-order valence-corrected chi connectivity index (χ3v) is 7.49. The molecule has 4 rings (SSSR count). The standard InChI is InChI=1S/C28H29Cl2NO5/c1-5-11-36-28(33)24-15(2)31-20-12-17(16-9-10-22(34-3)23(14-16)35-4)13-21(32)26(20)25(24)18-7-6-8-19(29)27(18)30/h6-10,14,17,25,31H,5,11-13H2,1-4H3/t17-,25+/m0/s1. The first kappa shape index (κ1) is 26.1. The molecule has 1 aliphatic carbocycles. The Morgan fingerprint density at radius 3 is 2.53 bits per heavy atom. The molecule has 0 radical (unpaired) electrons. The molecule has 0 fully saturated rings. The van der Waals surface area contributed by atoms with E-state index in [4.69, 9.17) is 37.4 Å². The number of hydrogen-bond donors (Lipinski definition) is 1. The predicted octanol–water partition coefficient (Wildman–Crippen LogP) is 6.33. The summed E-state index contributed by atoms with van der Waals surface area (Å²) in [7, 11) is 3.17. The number of benzene rings is 2. The van der Waals surface area contributed by atoms with Gasteiger partial charge in [-0.25, -0.2) is 4.79 Å². The Kier molecular flexibility index (Phi) is 7.96. The summed E-state index contributed by atoms with van der Waals surface area (Å²) in [6.45, 7) is 4.04. The molecule has 0 amide bonds. The Bertz CT molecular complexity index is 1270. The van der Waals surface area contributed by atoms with Crippen molar-refractivity contribution in [3.63, 3.8) is 0 Å². The van der Waals surface area contributed by atoms with Gasteiger partial charge in [0.15, 0.2) is 17.3 Å². The van der Waals surface area contributed by atoms with Crippen LogP contribution in [0.3, 0.4) is 0 Å². The summed E-state index contributed by atoms with van der Waals surface area (Å²) in [5, 5.41) is 4.03. The number of halogens is 2. The van der Waals surface area contributed by atoms with Crippen molar-refractivity contribution in [2.45, 2.75) is 44.9 Å². The van der Waals surface area contributed by atoms with Crippen molar-refractivity contribution in [3.8, 4) is 11.5 Å². The molecule has 0 saturated carbocycles. The van der Waals surface area contributed by atoms with Gasteiger partial charge in [-0.1, -0.05) is 48.3 Å². The van der Waals surface area contributed by atoms with Crippen molar-refractivity contribution >= 4 is 35.0 Å². The molecule has 8 heteroatoms. The summed E-state index contributed by atoms with van der Waals surface area (Å²) in [5.41, 5.74) is 3.91. The highest BCUT2D eigenvalue weighted by Crippen LogP contribution is 2.48. The van der Waals surface area contributed by atoms with E-state index in [1.54, 1.807) is 26.4 Å². The number of rotatable bonds is 7. The van der Waals surface area contributed by atoms with Gasteiger partial charge in [0, 0.05) is 29.3 Å². The van der Waals surface area contributed by atoms with Crippen molar-refractivity contribution in [1.82, 2.24) is 5.32 Å². The molecule has 0 saturated heterocycles. The second-order valence-corrected chi connectivity index (χ2v) is 9.70. The predicted molar refractivity (Wildman–Crippen MR) is 140 cm³/mol. The zero-order valence-electron chi connectivity index (χ0n) is 20.7. The number of allylic oxidation sites excluding steroid dienone is 3. The zero-order valence-corrected chi connectivity index (χ0v) is 22.3. The van der Waals surface area contributed by atoms with Crippen LogP contribution in [0.25, 0.3) is 0 Å². The topological polar surface area (TPSA) is 73.9 Å². The van der Waals surface area contributed by atoms with Crippen molar-refractivity contribution < 1.29 is 23.8 Å². The first-order valence-electron chi connectivity index (χ1n) is 11.9. The number of hydrogen-bond acceptors (Lipinski definition) is 6. The molecule has 0 bridgehead atoms. The SMILES string of the molecule is CCCOC(=O)C1=C(C)NC2=C(C(=O)C[C@@H](c3ccc(OC)c(OC)c3)C2)[C@@H]1c1cccc(Cl)c1Cl. The lowest BCUT2D eigenvalue weighted by Crippen LogP contribution is -2.36.